The zero-order valence-corrected chi connectivity index (χ0v) is 9.50. The van der Waals surface area contributed by atoms with Gasteiger partial charge in [0.05, 0.1) is 25.0 Å². The molecule has 1 aliphatic heterocycles. The molecule has 0 aromatic carbocycles. The van der Waals surface area contributed by atoms with E-state index in [0.717, 1.165) is 0 Å². The lowest BCUT2D eigenvalue weighted by Crippen LogP contribution is -2.42. The van der Waals surface area contributed by atoms with E-state index < -0.39 is 30.1 Å². The third kappa shape index (κ3) is 2.41. The highest BCUT2D eigenvalue weighted by Crippen LogP contribution is 2.47. The molecule has 0 bridgehead atoms. The van der Waals surface area contributed by atoms with Crippen molar-refractivity contribution in [1.82, 2.24) is 0 Å². The summed E-state index contributed by atoms with van der Waals surface area (Å²) in [5.41, 5.74) is 0. The number of hydrogen-bond acceptors (Lipinski definition) is 3. The lowest BCUT2D eigenvalue weighted by molar-refractivity contribution is -0.201. The number of alkyl halides is 3. The summed E-state index contributed by atoms with van der Waals surface area (Å²) in [6, 6.07) is 0. The number of esters is 1. The normalized spacial score (nSPS) is 37.6. The molecule has 1 aliphatic carbocycles. The molecule has 0 spiro atoms. The lowest BCUT2D eigenvalue weighted by atomic mass is 9.72. The highest BCUT2D eigenvalue weighted by molar-refractivity contribution is 5.73. The highest BCUT2D eigenvalue weighted by Gasteiger charge is 2.52. The molecule has 0 N–H and O–H groups in total. The van der Waals surface area contributed by atoms with E-state index in [-0.39, 0.29) is 18.8 Å². The van der Waals surface area contributed by atoms with Gasteiger partial charge in [-0.15, -0.1) is 0 Å². The fourth-order valence-electron chi connectivity index (χ4n) is 2.92. The maximum Gasteiger partial charge on any atom is 0.391 e. The second-order valence-corrected chi connectivity index (χ2v) is 4.70. The Morgan fingerprint density at radius 1 is 1.35 bits per heavy atom. The van der Waals surface area contributed by atoms with Gasteiger partial charge in [0.2, 0.25) is 0 Å². The van der Waals surface area contributed by atoms with Gasteiger partial charge >= 0.3 is 12.1 Å². The summed E-state index contributed by atoms with van der Waals surface area (Å²) in [5, 5.41) is 0. The molecule has 2 aliphatic rings. The van der Waals surface area contributed by atoms with E-state index in [2.05, 4.69) is 4.74 Å². The first-order chi connectivity index (χ1) is 7.93. The first-order valence-electron chi connectivity index (χ1n) is 5.69. The number of halogens is 3. The van der Waals surface area contributed by atoms with Gasteiger partial charge in [-0.05, 0) is 19.3 Å². The van der Waals surface area contributed by atoms with Gasteiger partial charge in [-0.1, -0.05) is 0 Å². The Kier molecular flexibility index (Phi) is 3.34. The van der Waals surface area contributed by atoms with Gasteiger partial charge in [0.1, 0.15) is 0 Å². The number of hydrogen-bond donors (Lipinski definition) is 0. The maximum absolute atomic E-state index is 12.7. The summed E-state index contributed by atoms with van der Waals surface area (Å²) in [6.45, 7) is 0.438. The molecule has 1 saturated carbocycles. The standard InChI is InChI=1S/C11H15F3O3/c1-16-10(15)8-4-6(11(12,13)14)5-9-7(8)2-3-17-9/h6-9H,2-5H2,1H3. The maximum atomic E-state index is 12.7. The van der Waals surface area contributed by atoms with Crippen LogP contribution < -0.4 is 0 Å². The largest absolute Gasteiger partial charge is 0.469 e. The molecule has 98 valence electrons. The Bertz CT molecular complexity index is 303. The molecule has 17 heavy (non-hydrogen) atoms. The van der Waals surface area contributed by atoms with Crippen molar-refractivity contribution in [3.63, 3.8) is 0 Å². The van der Waals surface area contributed by atoms with Crippen LogP contribution in [0.3, 0.4) is 0 Å². The fourth-order valence-corrected chi connectivity index (χ4v) is 2.92. The van der Waals surface area contributed by atoms with Crippen molar-refractivity contribution < 1.29 is 27.4 Å². The predicted molar refractivity (Wildman–Crippen MR) is 52.1 cm³/mol. The van der Waals surface area contributed by atoms with Crippen LogP contribution in [-0.4, -0.2) is 32.0 Å². The molecule has 1 saturated heterocycles. The second-order valence-electron chi connectivity index (χ2n) is 4.70. The monoisotopic (exact) mass is 252 g/mol. The molecule has 2 fully saturated rings. The molecule has 2 rings (SSSR count). The number of carbonyl (C=O) groups is 1. The zero-order chi connectivity index (χ0) is 12.6. The third-order valence-electron chi connectivity index (χ3n) is 3.80. The molecule has 0 amide bonds. The van der Waals surface area contributed by atoms with E-state index in [1.807, 2.05) is 0 Å². The summed E-state index contributed by atoms with van der Waals surface area (Å²) in [7, 11) is 1.21. The quantitative estimate of drug-likeness (QED) is 0.671. The van der Waals surface area contributed by atoms with Crippen molar-refractivity contribution in [2.45, 2.75) is 31.5 Å². The number of rotatable bonds is 1. The van der Waals surface area contributed by atoms with E-state index in [1.165, 1.54) is 7.11 Å². The molecule has 6 heteroatoms. The third-order valence-corrected chi connectivity index (χ3v) is 3.80. The number of fused-ring (bicyclic) bond motifs is 1. The first-order valence-corrected chi connectivity index (χ1v) is 5.69. The van der Waals surface area contributed by atoms with Crippen LogP contribution in [0.2, 0.25) is 0 Å². The van der Waals surface area contributed by atoms with Crippen LogP contribution in [0.15, 0.2) is 0 Å². The van der Waals surface area contributed by atoms with Crippen molar-refractivity contribution in [3.05, 3.63) is 0 Å². The summed E-state index contributed by atoms with van der Waals surface area (Å²) < 4.78 is 48.1. The van der Waals surface area contributed by atoms with Gasteiger partial charge in [-0.25, -0.2) is 0 Å². The summed E-state index contributed by atoms with van der Waals surface area (Å²) in [5.74, 6) is -2.78. The van der Waals surface area contributed by atoms with Gasteiger partial charge < -0.3 is 9.47 Å². The van der Waals surface area contributed by atoms with Gasteiger partial charge in [-0.2, -0.15) is 13.2 Å². The smallest absolute Gasteiger partial charge is 0.391 e. The molecular formula is C11H15F3O3. The molecule has 0 aromatic rings. The van der Waals surface area contributed by atoms with E-state index in [9.17, 15) is 18.0 Å². The Labute approximate surface area is 97.3 Å². The Hall–Kier alpha value is -0.780. The van der Waals surface area contributed by atoms with Crippen LogP contribution in [0, 0.1) is 17.8 Å². The van der Waals surface area contributed by atoms with Gasteiger partial charge in [0, 0.05) is 12.5 Å². The van der Waals surface area contributed by atoms with Crippen molar-refractivity contribution in [3.8, 4) is 0 Å². The molecular weight excluding hydrogens is 237 g/mol. The summed E-state index contributed by atoms with van der Waals surface area (Å²) >= 11 is 0. The van der Waals surface area contributed by atoms with Crippen LogP contribution in [0.4, 0.5) is 13.2 Å². The SMILES string of the molecule is COC(=O)C1CC(C(F)(F)F)CC2OCCC21. The Morgan fingerprint density at radius 3 is 2.65 bits per heavy atom. The van der Waals surface area contributed by atoms with Crippen molar-refractivity contribution >= 4 is 5.97 Å². The molecule has 0 radical (unpaired) electrons. The average Bonchev–Trinajstić information content (AvgIpc) is 2.73. The minimum absolute atomic E-state index is 0.0261. The number of ether oxygens (including phenoxy) is 2. The van der Waals surface area contributed by atoms with Crippen LogP contribution in [0.1, 0.15) is 19.3 Å². The first kappa shape index (κ1) is 12.7. The average molecular weight is 252 g/mol. The molecule has 0 aromatic heterocycles. The predicted octanol–water partition coefficient (Wildman–Crippen LogP) is 2.15. The van der Waals surface area contributed by atoms with E-state index in [4.69, 9.17) is 4.74 Å². The lowest BCUT2D eigenvalue weighted by Gasteiger charge is -2.36. The van der Waals surface area contributed by atoms with Gasteiger partial charge in [0.15, 0.2) is 0 Å². The topological polar surface area (TPSA) is 35.5 Å². The molecule has 3 nitrogen and oxygen atoms in total. The highest BCUT2D eigenvalue weighted by atomic mass is 19.4. The van der Waals surface area contributed by atoms with Crippen LogP contribution >= 0.6 is 0 Å². The van der Waals surface area contributed by atoms with Crippen molar-refractivity contribution in [2.24, 2.45) is 17.8 Å². The summed E-state index contributed by atoms with van der Waals surface area (Å²) in [6.07, 6.45) is -4.25. The Balaban J connectivity index is 2.16. The number of carbonyl (C=O) groups excluding carboxylic acids is 1. The van der Waals surface area contributed by atoms with Crippen LogP contribution in [-0.2, 0) is 14.3 Å². The van der Waals surface area contributed by atoms with E-state index >= 15 is 0 Å². The molecule has 4 atom stereocenters. The fraction of sp³-hybridized carbons (Fsp3) is 0.909. The molecule has 4 unspecified atom stereocenters. The number of methoxy groups -OCH3 is 1. The van der Waals surface area contributed by atoms with Crippen LogP contribution in [0.25, 0.3) is 0 Å². The van der Waals surface area contributed by atoms with Crippen LogP contribution in [0.5, 0.6) is 0 Å². The minimum Gasteiger partial charge on any atom is -0.469 e. The van der Waals surface area contributed by atoms with Crippen molar-refractivity contribution in [2.75, 3.05) is 13.7 Å². The Morgan fingerprint density at radius 2 is 2.06 bits per heavy atom. The zero-order valence-electron chi connectivity index (χ0n) is 9.50. The van der Waals surface area contributed by atoms with Crippen molar-refractivity contribution in [1.29, 1.82) is 0 Å². The van der Waals surface area contributed by atoms with Gasteiger partial charge in [-0.3, -0.25) is 4.79 Å². The van der Waals surface area contributed by atoms with E-state index in [1.54, 1.807) is 0 Å². The minimum atomic E-state index is -4.26. The summed E-state index contributed by atoms with van der Waals surface area (Å²) in [4.78, 5) is 11.5. The van der Waals surface area contributed by atoms with Gasteiger partial charge in [0.25, 0.3) is 0 Å². The van der Waals surface area contributed by atoms with E-state index in [0.29, 0.717) is 13.0 Å². The second kappa shape index (κ2) is 4.48. The molecule has 1 heterocycles.